The number of nitrogens with one attached hydrogen (secondary N) is 9. The Balaban J connectivity index is 1.07. The molecule has 45 nitrogen and oxygen atoms in total. The molecule has 0 aromatic rings. The number of aliphatic hydroxyl groups is 7. The topological polar surface area (TPSA) is 598 Å². The first kappa shape index (κ1) is 112. The minimum absolute atomic E-state index is 0.0121. The highest BCUT2D eigenvalue weighted by Crippen LogP contribution is 2.34. The lowest BCUT2D eigenvalue weighted by molar-refractivity contribution is -0.272. The van der Waals surface area contributed by atoms with Crippen molar-refractivity contribution < 1.29 is 169 Å². The van der Waals surface area contributed by atoms with Crippen molar-refractivity contribution in [3.05, 3.63) is 12.2 Å². The predicted molar refractivity (Wildman–Crippen MR) is 448 cm³/mol. The predicted octanol–water partition coefficient (Wildman–Crippen LogP) is -4.80. The zero-order valence-corrected chi connectivity index (χ0v) is 74.4. The summed E-state index contributed by atoms with van der Waals surface area (Å²) in [5.74, 6) is -4.85. The van der Waals surface area contributed by atoms with Gasteiger partial charge in [-0.15, -0.1) is 0 Å². The fourth-order valence-electron chi connectivity index (χ4n) is 14.1. The van der Waals surface area contributed by atoms with Crippen LogP contribution in [0.25, 0.3) is 0 Å². The summed E-state index contributed by atoms with van der Waals surface area (Å²) in [6, 6.07) is -2.78. The van der Waals surface area contributed by atoms with E-state index in [0.29, 0.717) is 38.6 Å². The van der Waals surface area contributed by atoms with Crippen LogP contribution in [-0.4, -0.2) is 408 Å². The van der Waals surface area contributed by atoms with E-state index in [-0.39, 0.29) is 290 Å². The van der Waals surface area contributed by atoms with Gasteiger partial charge in [0.2, 0.25) is 53.2 Å². The molecule has 0 radical (unpaired) electrons. The lowest BCUT2D eigenvalue weighted by atomic mass is 9.97. The molecule has 5 aliphatic rings. The molecule has 128 heavy (non-hydrogen) atoms. The van der Waals surface area contributed by atoms with Gasteiger partial charge in [-0.3, -0.25) is 57.6 Å². The van der Waals surface area contributed by atoms with E-state index in [1.165, 1.54) is 32.9 Å². The number of aliphatic hydroxyl groups excluding tert-OH is 7. The third-order valence-corrected chi connectivity index (χ3v) is 20.8. The van der Waals surface area contributed by atoms with E-state index >= 15 is 0 Å². The van der Waals surface area contributed by atoms with Crippen LogP contribution >= 0.6 is 0 Å². The highest BCUT2D eigenvalue weighted by atomic mass is 16.7. The standard InChI is InChI=1S/C83H144N10O35/c1-58(97)89-74-63(100)50-61(52-94)126-79(74)121-47-44-115-41-38-112-33-24-84-68(104)19-30-118-55-82(56-119-31-20-69(105)85-25-34-113-39-42-116-45-48-122-80-75(90-59(2)98)64(101)51-62(53-95)127-80,57-120-32-21-70(106)86-26-35-114-40-43-117-46-49-123-81-76(91-60(3)99)78(111)77(110)65(54-96)128-81)92-71(107)15-11-9-7-5-4-6-8-10-14-66(102)87-27-36-124-83(22-12-13-23-83)125-37-28-88-67(103)18-29-93-72(108)16-17-73(93)109/h16-17,61-65,74-81,94-96,100-101,110-111H,4-15,18-57H2,1-3H3,(H,84,104)(H,85,105)(H,86,106)(H,87,102)(H,88,103)(H,89,97)(H,90,98)(H,91,99)(H,92,107). The SMILES string of the molecule is CC(=O)NC1C(O)CC(CO)OC1OCCOCCOCCNC(=O)CCOCC(COCCC(=O)NCCOCCOCCOC1OC(CO)CC(O)C1NC(C)=O)(COCCC(=O)NCCOCCOCCOC1OC(CO)C(O)C(O)C1NC(C)=O)NC(=O)CCCCCCCCCCC(=O)NCCOC1(OCCNC(=O)CCN2C(=O)C=CC2=O)CCCC1. The van der Waals surface area contributed by atoms with Crippen molar-refractivity contribution in [3.63, 3.8) is 0 Å². The van der Waals surface area contributed by atoms with Crippen LogP contribution < -0.4 is 47.9 Å². The Morgan fingerprint density at radius 2 is 0.727 bits per heavy atom. The first-order chi connectivity index (χ1) is 61.8. The van der Waals surface area contributed by atoms with Crippen LogP contribution in [0.2, 0.25) is 0 Å². The maximum absolute atomic E-state index is 14.1. The Bertz CT molecular complexity index is 3100. The van der Waals surface area contributed by atoms with Crippen LogP contribution in [-0.2, 0) is 133 Å². The van der Waals surface area contributed by atoms with Gasteiger partial charge in [0.15, 0.2) is 24.7 Å². The summed E-state index contributed by atoms with van der Waals surface area (Å²) in [6.45, 7) is 4.62. The second kappa shape index (κ2) is 66.5. The van der Waals surface area contributed by atoms with E-state index in [2.05, 4.69) is 47.9 Å². The van der Waals surface area contributed by atoms with Gasteiger partial charge in [-0.1, -0.05) is 38.5 Å². The molecular weight excluding hydrogens is 1700 g/mol. The quantitative estimate of drug-likeness (QED) is 0.0154. The van der Waals surface area contributed by atoms with Gasteiger partial charge in [-0.2, -0.15) is 0 Å². The molecule has 0 aromatic heterocycles. The number of carbonyl (C=O) groups excluding carboxylic acids is 11. The summed E-state index contributed by atoms with van der Waals surface area (Å²) in [5.41, 5.74) is -1.42. The van der Waals surface area contributed by atoms with Gasteiger partial charge in [-0.05, 0) is 25.7 Å². The smallest absolute Gasteiger partial charge is 0.253 e. The third kappa shape index (κ3) is 47.5. The fraction of sp³-hybridized carbons (Fsp3) is 0.843. The second-order valence-corrected chi connectivity index (χ2v) is 31.4. The van der Waals surface area contributed by atoms with Crippen molar-refractivity contribution in [2.75, 3.05) is 211 Å². The van der Waals surface area contributed by atoms with Crippen molar-refractivity contribution >= 4 is 65.0 Å². The van der Waals surface area contributed by atoms with Gasteiger partial charge in [-0.25, -0.2) is 0 Å². The van der Waals surface area contributed by atoms with E-state index in [0.717, 1.165) is 56.3 Å². The van der Waals surface area contributed by atoms with E-state index in [9.17, 15) is 88.5 Å². The lowest BCUT2D eigenvalue weighted by Crippen LogP contribution is -2.64. The molecule has 0 spiro atoms. The Kier molecular flexibility index (Phi) is 58.0. The molecule has 13 unspecified atom stereocenters. The highest BCUT2D eigenvalue weighted by Gasteiger charge is 2.46. The molecule has 0 aromatic carbocycles. The molecule has 4 heterocycles. The minimum atomic E-state index is -1.47. The van der Waals surface area contributed by atoms with Crippen LogP contribution in [0.15, 0.2) is 12.2 Å². The molecule has 0 bridgehead atoms. The van der Waals surface area contributed by atoms with Crippen molar-refractivity contribution in [3.8, 4) is 0 Å². The average Bonchev–Trinajstić information content (AvgIpc) is 0.919. The van der Waals surface area contributed by atoms with Crippen molar-refractivity contribution in [1.82, 2.24) is 52.8 Å². The van der Waals surface area contributed by atoms with E-state index in [1.807, 2.05) is 0 Å². The molecule has 13 atom stereocenters. The zero-order chi connectivity index (χ0) is 93.0. The number of hydrogen-bond acceptors (Lipinski definition) is 35. The number of rotatable bonds is 74. The molecule has 4 fully saturated rings. The number of amides is 11. The zero-order valence-electron chi connectivity index (χ0n) is 74.4. The van der Waals surface area contributed by atoms with E-state index < -0.39 is 115 Å². The largest absolute Gasteiger partial charge is 0.394 e. The maximum atomic E-state index is 14.1. The lowest BCUT2D eigenvalue weighted by Gasteiger charge is -2.42. The summed E-state index contributed by atoms with van der Waals surface area (Å²) >= 11 is 0. The molecule has 736 valence electrons. The van der Waals surface area contributed by atoms with E-state index in [1.54, 1.807) is 0 Å². The van der Waals surface area contributed by atoms with Gasteiger partial charge in [0.25, 0.3) is 11.8 Å². The van der Waals surface area contributed by atoms with Crippen LogP contribution in [0.1, 0.15) is 149 Å². The number of hydrogen-bond donors (Lipinski definition) is 16. The van der Waals surface area contributed by atoms with Gasteiger partial charge < -0.3 is 164 Å². The number of ether oxygens (including phenoxy) is 17. The first-order valence-electron chi connectivity index (χ1n) is 44.6. The molecule has 1 aliphatic carbocycles. The number of imide groups is 1. The van der Waals surface area contributed by atoms with Gasteiger partial charge in [0, 0.05) is 136 Å². The van der Waals surface area contributed by atoms with Crippen molar-refractivity contribution in [2.45, 2.75) is 240 Å². The van der Waals surface area contributed by atoms with Crippen LogP contribution in [0.5, 0.6) is 0 Å². The van der Waals surface area contributed by atoms with Crippen LogP contribution in [0, 0.1) is 0 Å². The molecule has 4 aliphatic heterocycles. The van der Waals surface area contributed by atoms with Crippen molar-refractivity contribution in [1.29, 1.82) is 0 Å². The molecule has 3 saturated heterocycles. The number of carbonyl (C=O) groups is 11. The van der Waals surface area contributed by atoms with Gasteiger partial charge in [0.05, 0.1) is 196 Å². The van der Waals surface area contributed by atoms with E-state index in [4.69, 9.17) is 80.5 Å². The summed E-state index contributed by atoms with van der Waals surface area (Å²) < 4.78 is 98.3. The summed E-state index contributed by atoms with van der Waals surface area (Å²) in [4.78, 5) is 138. The summed E-state index contributed by atoms with van der Waals surface area (Å²) in [7, 11) is 0. The van der Waals surface area contributed by atoms with Crippen LogP contribution in [0.3, 0.4) is 0 Å². The number of unbranched alkanes of at least 4 members (excludes halogenated alkanes) is 7. The Hall–Kier alpha value is -6.85. The average molecular weight is 1840 g/mol. The molecule has 45 heteroatoms. The Morgan fingerprint density at radius 3 is 1.11 bits per heavy atom. The van der Waals surface area contributed by atoms with Gasteiger partial charge in [0.1, 0.15) is 42.0 Å². The number of nitrogens with zero attached hydrogens (tertiary/aromatic N) is 1. The fourth-order valence-corrected chi connectivity index (χ4v) is 14.1. The highest BCUT2D eigenvalue weighted by molar-refractivity contribution is 6.13. The van der Waals surface area contributed by atoms with Crippen molar-refractivity contribution in [2.24, 2.45) is 0 Å². The Labute approximate surface area is 747 Å². The third-order valence-electron chi connectivity index (χ3n) is 20.8. The monoisotopic (exact) mass is 1840 g/mol. The normalized spacial score (nSPS) is 23.1. The minimum Gasteiger partial charge on any atom is -0.394 e. The molecule has 5 rings (SSSR count). The second-order valence-electron chi connectivity index (χ2n) is 31.4. The maximum Gasteiger partial charge on any atom is 0.253 e. The molecular formula is C83H144N10O35. The Morgan fingerprint density at radius 1 is 0.391 bits per heavy atom. The first-order valence-corrected chi connectivity index (χ1v) is 44.6. The summed E-state index contributed by atoms with van der Waals surface area (Å²) in [5, 5.41) is 95.3. The van der Waals surface area contributed by atoms with Crippen LogP contribution in [0.4, 0.5) is 0 Å². The molecule has 16 N–H and O–H groups in total. The van der Waals surface area contributed by atoms with Gasteiger partial charge >= 0.3 is 0 Å². The molecule has 1 saturated carbocycles. The summed E-state index contributed by atoms with van der Waals surface area (Å²) in [6.07, 6.45) is 1.66. The molecule has 11 amide bonds.